The van der Waals surface area contributed by atoms with Crippen molar-refractivity contribution in [2.24, 2.45) is 7.05 Å². The Balaban J connectivity index is 1.91. The number of nitrogens with zero attached hydrogens (tertiary/aromatic N) is 4. The zero-order valence-corrected chi connectivity index (χ0v) is 12.0. The fourth-order valence-electron chi connectivity index (χ4n) is 1.76. The van der Waals surface area contributed by atoms with E-state index in [0.717, 1.165) is 24.3 Å². The van der Waals surface area contributed by atoms with E-state index in [9.17, 15) is 0 Å². The Hall–Kier alpha value is -1.93. The lowest BCUT2D eigenvalue weighted by atomic mass is 10.3. The first-order chi connectivity index (χ1) is 9.72. The third-order valence-corrected chi connectivity index (χ3v) is 2.71. The van der Waals surface area contributed by atoms with Crippen LogP contribution in [0.5, 0.6) is 0 Å². The molecule has 2 aromatic heterocycles. The molecule has 0 fully saturated rings. The van der Waals surface area contributed by atoms with Crippen molar-refractivity contribution in [3.8, 4) is 0 Å². The van der Waals surface area contributed by atoms with E-state index in [2.05, 4.69) is 25.9 Å². The Kier molecular flexibility index (Phi) is 5.08. The van der Waals surface area contributed by atoms with Crippen LogP contribution < -0.4 is 10.6 Å². The van der Waals surface area contributed by atoms with Crippen LogP contribution in [0.25, 0.3) is 0 Å². The second kappa shape index (κ2) is 7.01. The number of hydrogen-bond donors (Lipinski definition) is 2. The number of hydrogen-bond acceptors (Lipinski definition) is 7. The van der Waals surface area contributed by atoms with E-state index in [-0.39, 0.29) is 0 Å². The van der Waals surface area contributed by atoms with Gasteiger partial charge in [-0.3, -0.25) is 4.68 Å². The highest BCUT2D eigenvalue weighted by molar-refractivity contribution is 5.54. The molecule has 2 rings (SSSR count). The topological polar surface area (TPSA) is 90.0 Å². The van der Waals surface area contributed by atoms with Crippen molar-refractivity contribution in [1.29, 1.82) is 0 Å². The average molecular weight is 280 g/mol. The van der Waals surface area contributed by atoms with Crippen molar-refractivity contribution in [3.05, 3.63) is 17.8 Å². The Bertz CT molecular complexity index is 536. The molecule has 0 saturated heterocycles. The molecular weight excluding hydrogens is 260 g/mol. The number of anilines is 2. The Morgan fingerprint density at radius 1 is 1.40 bits per heavy atom. The van der Waals surface area contributed by atoms with E-state index >= 15 is 0 Å². The summed E-state index contributed by atoms with van der Waals surface area (Å²) in [6, 6.07) is 0.372. The van der Waals surface area contributed by atoms with Gasteiger partial charge in [-0.05, 0) is 6.42 Å². The third kappa shape index (κ3) is 3.78. The molecule has 2 aromatic rings. The van der Waals surface area contributed by atoms with Gasteiger partial charge in [0, 0.05) is 26.9 Å². The highest BCUT2D eigenvalue weighted by atomic mass is 16.5. The van der Waals surface area contributed by atoms with Gasteiger partial charge in [-0.15, -0.1) is 5.10 Å². The molecule has 0 unspecified atom stereocenters. The van der Waals surface area contributed by atoms with Crippen LogP contribution in [0.2, 0.25) is 0 Å². The lowest BCUT2D eigenvalue weighted by Gasteiger charge is -2.00. The first kappa shape index (κ1) is 14.5. The SMILES string of the molecule is CCc1nn(C)cc1Nc1nnc(CNCCOC)o1. The number of rotatable bonds is 8. The summed E-state index contributed by atoms with van der Waals surface area (Å²) in [5, 5.41) is 18.5. The summed E-state index contributed by atoms with van der Waals surface area (Å²) in [6.07, 6.45) is 2.72. The lowest BCUT2D eigenvalue weighted by molar-refractivity contribution is 0.198. The van der Waals surface area contributed by atoms with Crippen molar-refractivity contribution in [1.82, 2.24) is 25.3 Å². The minimum Gasteiger partial charge on any atom is -0.406 e. The molecule has 0 aliphatic carbocycles. The summed E-state index contributed by atoms with van der Waals surface area (Å²) < 4.78 is 12.2. The first-order valence-electron chi connectivity index (χ1n) is 6.54. The van der Waals surface area contributed by atoms with E-state index in [1.807, 2.05) is 20.2 Å². The van der Waals surface area contributed by atoms with Gasteiger partial charge in [-0.2, -0.15) is 5.10 Å². The van der Waals surface area contributed by atoms with E-state index in [4.69, 9.17) is 9.15 Å². The van der Waals surface area contributed by atoms with Gasteiger partial charge in [-0.25, -0.2) is 0 Å². The van der Waals surface area contributed by atoms with Crippen molar-refractivity contribution < 1.29 is 9.15 Å². The minimum absolute atomic E-state index is 0.372. The molecule has 20 heavy (non-hydrogen) atoms. The zero-order chi connectivity index (χ0) is 14.4. The minimum atomic E-state index is 0.372. The highest BCUT2D eigenvalue weighted by Gasteiger charge is 2.10. The summed E-state index contributed by atoms with van der Waals surface area (Å²) in [5.74, 6) is 0.533. The van der Waals surface area contributed by atoms with Crippen LogP contribution in [-0.2, 0) is 24.8 Å². The average Bonchev–Trinajstić information content (AvgIpc) is 3.02. The molecule has 0 aliphatic heterocycles. The van der Waals surface area contributed by atoms with E-state index in [1.54, 1.807) is 11.8 Å². The molecular formula is C12H20N6O2. The number of ether oxygens (including phenoxy) is 1. The monoisotopic (exact) mass is 280 g/mol. The predicted octanol–water partition coefficient (Wildman–Crippen LogP) is 0.845. The summed E-state index contributed by atoms with van der Waals surface area (Å²) in [7, 11) is 3.54. The second-order valence-corrected chi connectivity index (χ2v) is 4.31. The van der Waals surface area contributed by atoms with Crippen LogP contribution in [0.1, 0.15) is 18.5 Å². The molecule has 0 aliphatic rings. The Labute approximate surface area is 117 Å². The lowest BCUT2D eigenvalue weighted by Crippen LogP contribution is -2.18. The molecule has 2 heterocycles. The number of methoxy groups -OCH3 is 1. The van der Waals surface area contributed by atoms with Crippen LogP contribution in [-0.4, -0.2) is 40.2 Å². The molecule has 0 radical (unpaired) electrons. The van der Waals surface area contributed by atoms with E-state index in [0.29, 0.717) is 25.1 Å². The van der Waals surface area contributed by atoms with Crippen LogP contribution in [0.3, 0.4) is 0 Å². The van der Waals surface area contributed by atoms with Gasteiger partial charge >= 0.3 is 6.01 Å². The van der Waals surface area contributed by atoms with Gasteiger partial charge in [0.25, 0.3) is 0 Å². The fraction of sp³-hybridized carbons (Fsp3) is 0.583. The zero-order valence-electron chi connectivity index (χ0n) is 12.0. The van der Waals surface area contributed by atoms with E-state index < -0.39 is 0 Å². The van der Waals surface area contributed by atoms with Crippen LogP contribution in [0.15, 0.2) is 10.6 Å². The van der Waals surface area contributed by atoms with Crippen molar-refractivity contribution in [2.45, 2.75) is 19.9 Å². The Morgan fingerprint density at radius 3 is 3.00 bits per heavy atom. The number of aryl methyl sites for hydroxylation is 2. The van der Waals surface area contributed by atoms with Gasteiger partial charge in [0.2, 0.25) is 5.89 Å². The smallest absolute Gasteiger partial charge is 0.320 e. The summed E-state index contributed by atoms with van der Waals surface area (Å²) >= 11 is 0. The second-order valence-electron chi connectivity index (χ2n) is 4.31. The first-order valence-corrected chi connectivity index (χ1v) is 6.54. The van der Waals surface area contributed by atoms with Gasteiger partial charge in [-0.1, -0.05) is 12.0 Å². The Morgan fingerprint density at radius 2 is 2.25 bits per heavy atom. The largest absolute Gasteiger partial charge is 0.406 e. The normalized spacial score (nSPS) is 10.9. The van der Waals surface area contributed by atoms with Crippen molar-refractivity contribution in [2.75, 3.05) is 25.6 Å². The van der Waals surface area contributed by atoms with E-state index in [1.165, 1.54) is 0 Å². The van der Waals surface area contributed by atoms with Gasteiger partial charge in [0.15, 0.2) is 0 Å². The molecule has 2 N–H and O–H groups in total. The fourth-order valence-corrected chi connectivity index (χ4v) is 1.76. The maximum absolute atomic E-state index is 5.50. The molecule has 0 atom stereocenters. The number of aromatic nitrogens is 4. The number of nitrogens with one attached hydrogen (secondary N) is 2. The van der Waals surface area contributed by atoms with Gasteiger partial charge < -0.3 is 19.8 Å². The van der Waals surface area contributed by atoms with Gasteiger partial charge in [0.1, 0.15) is 0 Å². The summed E-state index contributed by atoms with van der Waals surface area (Å²) in [6.45, 7) is 3.96. The van der Waals surface area contributed by atoms with Crippen LogP contribution >= 0.6 is 0 Å². The quantitative estimate of drug-likeness (QED) is 0.693. The molecule has 0 amide bonds. The maximum atomic E-state index is 5.50. The molecule has 0 aromatic carbocycles. The maximum Gasteiger partial charge on any atom is 0.320 e. The molecule has 8 heteroatoms. The summed E-state index contributed by atoms with van der Waals surface area (Å²) in [5.41, 5.74) is 1.85. The van der Waals surface area contributed by atoms with Crippen molar-refractivity contribution >= 4 is 11.7 Å². The summed E-state index contributed by atoms with van der Waals surface area (Å²) in [4.78, 5) is 0. The molecule has 0 bridgehead atoms. The molecule has 0 spiro atoms. The van der Waals surface area contributed by atoms with Crippen molar-refractivity contribution in [3.63, 3.8) is 0 Å². The van der Waals surface area contributed by atoms with Crippen LogP contribution in [0.4, 0.5) is 11.7 Å². The predicted molar refractivity (Wildman–Crippen MR) is 73.7 cm³/mol. The van der Waals surface area contributed by atoms with Crippen LogP contribution in [0, 0.1) is 0 Å². The molecule has 8 nitrogen and oxygen atoms in total. The highest BCUT2D eigenvalue weighted by Crippen LogP contribution is 2.19. The van der Waals surface area contributed by atoms with Gasteiger partial charge in [0.05, 0.1) is 24.5 Å². The third-order valence-electron chi connectivity index (χ3n) is 2.71. The standard InChI is InChI=1S/C12H20N6O2/c1-4-9-10(8-18(2)17-9)14-12-16-15-11(20-12)7-13-5-6-19-3/h8,13H,4-7H2,1-3H3,(H,14,16). The molecule has 0 saturated carbocycles. The molecule has 110 valence electrons.